The third-order valence-electron chi connectivity index (χ3n) is 5.98. The number of carbonyl (C=O) groups is 1. The Bertz CT molecular complexity index is 776. The number of fused-ring (bicyclic) bond motifs is 1. The van der Waals surface area contributed by atoms with Crippen LogP contribution in [-0.4, -0.2) is 39.3 Å². The number of nitrogens with zero attached hydrogens (tertiary/aromatic N) is 3. The summed E-state index contributed by atoms with van der Waals surface area (Å²) in [6.07, 6.45) is 7.72. The highest BCUT2D eigenvalue weighted by atomic mass is 16.2. The molecule has 2 aromatic rings. The van der Waals surface area contributed by atoms with Crippen LogP contribution in [0.5, 0.6) is 0 Å². The van der Waals surface area contributed by atoms with Gasteiger partial charge in [0, 0.05) is 44.0 Å². The zero-order valence-electron chi connectivity index (χ0n) is 15.5. The summed E-state index contributed by atoms with van der Waals surface area (Å²) in [6, 6.07) is 12.8. The molecule has 1 fully saturated rings. The summed E-state index contributed by atoms with van der Waals surface area (Å²) in [5, 5.41) is 0. The SMILES string of the molecule is CCC(=O)N1Cc2ccccc2CC2(CCCN2Cc2cccnc2)C1. The first-order chi connectivity index (χ1) is 12.7. The molecule has 0 N–H and O–H groups in total. The molecule has 1 spiro atoms. The Morgan fingerprint density at radius 2 is 2.04 bits per heavy atom. The summed E-state index contributed by atoms with van der Waals surface area (Å²) in [5.74, 6) is 0.259. The molecule has 1 aromatic heterocycles. The van der Waals surface area contributed by atoms with Crippen LogP contribution < -0.4 is 0 Å². The van der Waals surface area contributed by atoms with Gasteiger partial charge < -0.3 is 4.90 Å². The number of pyridine rings is 1. The number of aromatic nitrogens is 1. The van der Waals surface area contributed by atoms with Gasteiger partial charge in [0.15, 0.2) is 0 Å². The van der Waals surface area contributed by atoms with Crippen molar-refractivity contribution < 1.29 is 4.79 Å². The minimum absolute atomic E-state index is 0.0350. The van der Waals surface area contributed by atoms with Crippen molar-refractivity contribution in [3.05, 3.63) is 65.5 Å². The van der Waals surface area contributed by atoms with Crippen molar-refractivity contribution in [2.45, 2.75) is 51.2 Å². The van der Waals surface area contributed by atoms with Crippen LogP contribution in [0.15, 0.2) is 48.8 Å². The first-order valence-electron chi connectivity index (χ1n) is 9.69. The average Bonchev–Trinajstić information content (AvgIpc) is 2.95. The molecular weight excluding hydrogens is 322 g/mol. The molecule has 1 aromatic carbocycles. The van der Waals surface area contributed by atoms with Crippen molar-refractivity contribution in [3.63, 3.8) is 0 Å². The average molecular weight is 349 g/mol. The molecule has 3 heterocycles. The van der Waals surface area contributed by atoms with Gasteiger partial charge in [0.25, 0.3) is 0 Å². The van der Waals surface area contributed by atoms with E-state index in [1.54, 1.807) is 0 Å². The highest BCUT2D eigenvalue weighted by Crippen LogP contribution is 2.38. The van der Waals surface area contributed by atoms with Crippen LogP contribution in [-0.2, 0) is 24.3 Å². The third kappa shape index (κ3) is 3.26. The second-order valence-electron chi connectivity index (χ2n) is 7.66. The Morgan fingerprint density at radius 3 is 2.81 bits per heavy atom. The van der Waals surface area contributed by atoms with E-state index in [2.05, 4.69) is 45.1 Å². The second kappa shape index (κ2) is 7.20. The van der Waals surface area contributed by atoms with E-state index in [-0.39, 0.29) is 11.4 Å². The van der Waals surface area contributed by atoms with Gasteiger partial charge in [0.05, 0.1) is 0 Å². The number of benzene rings is 1. The van der Waals surface area contributed by atoms with Crippen LogP contribution in [0.3, 0.4) is 0 Å². The fraction of sp³-hybridized carbons (Fsp3) is 0.455. The van der Waals surface area contributed by atoms with Crippen molar-refractivity contribution in [3.8, 4) is 0 Å². The number of carbonyl (C=O) groups excluding carboxylic acids is 1. The van der Waals surface area contributed by atoms with Crippen LogP contribution in [0.2, 0.25) is 0 Å². The lowest BCUT2D eigenvalue weighted by Gasteiger charge is -2.41. The Labute approximate surface area is 155 Å². The molecule has 0 radical (unpaired) electrons. The fourth-order valence-electron chi connectivity index (χ4n) is 4.64. The molecule has 1 atom stereocenters. The van der Waals surface area contributed by atoms with Crippen LogP contribution in [0.25, 0.3) is 0 Å². The summed E-state index contributed by atoms with van der Waals surface area (Å²) in [6.45, 7) is 5.53. The summed E-state index contributed by atoms with van der Waals surface area (Å²) < 4.78 is 0. The largest absolute Gasteiger partial charge is 0.337 e. The van der Waals surface area contributed by atoms with Crippen molar-refractivity contribution in [2.24, 2.45) is 0 Å². The predicted molar refractivity (Wildman–Crippen MR) is 102 cm³/mol. The highest BCUT2D eigenvalue weighted by molar-refractivity contribution is 5.76. The zero-order chi connectivity index (χ0) is 18.0. The number of likely N-dealkylation sites (tertiary alicyclic amines) is 1. The maximum absolute atomic E-state index is 12.6. The summed E-state index contributed by atoms with van der Waals surface area (Å²) in [7, 11) is 0. The number of hydrogen-bond acceptors (Lipinski definition) is 3. The van der Waals surface area contributed by atoms with Gasteiger partial charge in [-0.3, -0.25) is 14.7 Å². The van der Waals surface area contributed by atoms with Crippen LogP contribution in [0, 0.1) is 0 Å². The first kappa shape index (κ1) is 17.2. The summed E-state index contributed by atoms with van der Waals surface area (Å²) >= 11 is 0. The van der Waals surface area contributed by atoms with Gasteiger partial charge in [-0.15, -0.1) is 0 Å². The Kier molecular flexibility index (Phi) is 4.77. The minimum Gasteiger partial charge on any atom is -0.337 e. The Balaban J connectivity index is 1.69. The zero-order valence-corrected chi connectivity index (χ0v) is 15.5. The van der Waals surface area contributed by atoms with Gasteiger partial charge in [0.1, 0.15) is 0 Å². The third-order valence-corrected chi connectivity index (χ3v) is 5.98. The fourth-order valence-corrected chi connectivity index (χ4v) is 4.64. The van der Waals surface area contributed by atoms with Crippen molar-refractivity contribution in [2.75, 3.05) is 13.1 Å². The lowest BCUT2D eigenvalue weighted by molar-refractivity contribution is -0.133. The molecule has 4 heteroatoms. The topological polar surface area (TPSA) is 36.4 Å². The first-order valence-corrected chi connectivity index (χ1v) is 9.69. The quantitative estimate of drug-likeness (QED) is 0.852. The standard InChI is InChI=1S/C22H27N3O/c1-2-21(26)24-16-20-9-4-3-8-19(20)13-22(17-24)10-6-12-25(22)15-18-7-5-11-23-14-18/h3-5,7-9,11,14H,2,6,10,12-13,15-17H2,1H3. The van der Waals surface area contributed by atoms with Crippen molar-refractivity contribution in [1.29, 1.82) is 0 Å². The van der Waals surface area contributed by atoms with Gasteiger partial charge in [-0.1, -0.05) is 37.3 Å². The normalized spacial score (nSPS) is 23.0. The monoisotopic (exact) mass is 349 g/mol. The van der Waals surface area contributed by atoms with E-state index < -0.39 is 0 Å². The minimum atomic E-state index is 0.0350. The number of hydrogen-bond donors (Lipinski definition) is 0. The summed E-state index contributed by atoms with van der Waals surface area (Å²) in [4.78, 5) is 21.6. The van der Waals surface area contributed by atoms with Crippen LogP contribution in [0.4, 0.5) is 0 Å². The molecule has 1 unspecified atom stereocenters. The van der Waals surface area contributed by atoms with Crippen LogP contribution in [0.1, 0.15) is 42.9 Å². The maximum Gasteiger partial charge on any atom is 0.222 e. The van der Waals surface area contributed by atoms with E-state index >= 15 is 0 Å². The van der Waals surface area contributed by atoms with E-state index in [1.807, 2.05) is 25.4 Å². The van der Waals surface area contributed by atoms with E-state index in [9.17, 15) is 4.79 Å². The molecule has 0 aliphatic carbocycles. The highest BCUT2D eigenvalue weighted by Gasteiger charge is 2.44. The Hall–Kier alpha value is -2.20. The molecular formula is C22H27N3O. The molecule has 26 heavy (non-hydrogen) atoms. The molecule has 136 valence electrons. The van der Waals surface area contributed by atoms with Crippen molar-refractivity contribution >= 4 is 5.91 Å². The maximum atomic E-state index is 12.6. The molecule has 1 saturated heterocycles. The molecule has 4 nitrogen and oxygen atoms in total. The molecule has 2 aliphatic rings. The van der Waals surface area contributed by atoms with E-state index in [0.29, 0.717) is 6.42 Å². The number of rotatable bonds is 3. The predicted octanol–water partition coefficient (Wildman–Crippen LogP) is 3.41. The molecule has 1 amide bonds. The van der Waals surface area contributed by atoms with E-state index in [1.165, 1.54) is 23.1 Å². The number of amides is 1. The lowest BCUT2D eigenvalue weighted by Crippen LogP contribution is -2.53. The molecule has 4 rings (SSSR count). The van der Waals surface area contributed by atoms with Crippen LogP contribution >= 0.6 is 0 Å². The lowest BCUT2D eigenvalue weighted by atomic mass is 9.87. The molecule has 2 aliphatic heterocycles. The van der Waals surface area contributed by atoms with Gasteiger partial charge in [-0.2, -0.15) is 0 Å². The van der Waals surface area contributed by atoms with Crippen molar-refractivity contribution in [1.82, 2.24) is 14.8 Å². The van der Waals surface area contributed by atoms with E-state index in [0.717, 1.165) is 39.0 Å². The molecule has 0 bridgehead atoms. The van der Waals surface area contributed by atoms with Gasteiger partial charge in [0.2, 0.25) is 5.91 Å². The smallest absolute Gasteiger partial charge is 0.222 e. The van der Waals surface area contributed by atoms with Gasteiger partial charge in [-0.25, -0.2) is 0 Å². The second-order valence-corrected chi connectivity index (χ2v) is 7.66. The summed E-state index contributed by atoms with van der Waals surface area (Å²) in [5.41, 5.74) is 3.99. The Morgan fingerprint density at radius 1 is 1.19 bits per heavy atom. The molecule has 0 saturated carbocycles. The van der Waals surface area contributed by atoms with Gasteiger partial charge in [-0.05, 0) is 48.6 Å². The van der Waals surface area contributed by atoms with E-state index in [4.69, 9.17) is 0 Å². The van der Waals surface area contributed by atoms with Gasteiger partial charge >= 0.3 is 0 Å².